The van der Waals surface area contributed by atoms with Crippen molar-refractivity contribution in [3.63, 3.8) is 0 Å². The van der Waals surface area contributed by atoms with Gasteiger partial charge in [-0.25, -0.2) is 4.39 Å². The van der Waals surface area contributed by atoms with Gasteiger partial charge < -0.3 is 14.4 Å². The van der Waals surface area contributed by atoms with Crippen LogP contribution in [0.15, 0.2) is 54.6 Å². The van der Waals surface area contributed by atoms with E-state index in [1.54, 1.807) is 48.4 Å². The summed E-state index contributed by atoms with van der Waals surface area (Å²) in [6.45, 7) is 1.18. The van der Waals surface area contributed by atoms with E-state index in [0.29, 0.717) is 18.8 Å². The molecule has 3 rings (SSSR count). The molecule has 0 fully saturated rings. The summed E-state index contributed by atoms with van der Waals surface area (Å²) >= 11 is 0. The van der Waals surface area contributed by atoms with Crippen molar-refractivity contribution in [1.29, 1.82) is 0 Å². The van der Waals surface area contributed by atoms with Crippen molar-refractivity contribution in [2.45, 2.75) is 6.42 Å². The molecule has 1 amide bonds. The topological polar surface area (TPSA) is 38.8 Å². The molecular weight excluding hydrogens is 321 g/mol. The third kappa shape index (κ3) is 4.38. The quantitative estimate of drug-likeness (QED) is 0.835. The van der Waals surface area contributed by atoms with E-state index in [-0.39, 0.29) is 18.3 Å². The molecule has 0 N–H and O–H groups in total. The van der Waals surface area contributed by atoms with Gasteiger partial charge >= 0.3 is 0 Å². The van der Waals surface area contributed by atoms with Gasteiger partial charge in [-0.15, -0.1) is 0 Å². The fourth-order valence-corrected chi connectivity index (χ4v) is 2.73. The Hall–Kier alpha value is -2.82. The summed E-state index contributed by atoms with van der Waals surface area (Å²) in [6, 6.07) is 13.6. The number of carbonyl (C=O) groups is 1. The molecule has 130 valence electrons. The van der Waals surface area contributed by atoms with Crippen LogP contribution in [0.4, 0.5) is 4.39 Å². The molecule has 2 aromatic rings. The van der Waals surface area contributed by atoms with Crippen LogP contribution in [-0.4, -0.2) is 37.6 Å². The molecule has 0 aliphatic carbocycles. The summed E-state index contributed by atoms with van der Waals surface area (Å²) in [5.74, 6) is 1.08. The van der Waals surface area contributed by atoms with E-state index in [4.69, 9.17) is 9.47 Å². The number of hydrogen-bond acceptors (Lipinski definition) is 3. The fraction of sp³-hybridized carbons (Fsp3) is 0.250. The van der Waals surface area contributed by atoms with E-state index in [1.165, 1.54) is 12.1 Å². The molecular formula is C20H20FNO3. The van der Waals surface area contributed by atoms with Crippen LogP contribution in [0.25, 0.3) is 5.57 Å². The van der Waals surface area contributed by atoms with Gasteiger partial charge in [-0.1, -0.05) is 18.2 Å². The van der Waals surface area contributed by atoms with Crippen LogP contribution >= 0.6 is 0 Å². The molecule has 4 nitrogen and oxygen atoms in total. The Balaban J connectivity index is 1.53. The Kier molecular flexibility index (Phi) is 5.33. The van der Waals surface area contributed by atoms with E-state index in [1.807, 2.05) is 6.08 Å². The Bertz CT molecular complexity index is 754. The van der Waals surface area contributed by atoms with Crippen LogP contribution in [0.5, 0.6) is 11.5 Å². The first-order valence-corrected chi connectivity index (χ1v) is 8.15. The first-order valence-electron chi connectivity index (χ1n) is 8.15. The first kappa shape index (κ1) is 17.0. The Morgan fingerprint density at radius 1 is 1.08 bits per heavy atom. The third-order valence-corrected chi connectivity index (χ3v) is 4.20. The number of benzene rings is 2. The van der Waals surface area contributed by atoms with Crippen molar-refractivity contribution in [2.24, 2.45) is 0 Å². The van der Waals surface area contributed by atoms with Crippen molar-refractivity contribution in [3.05, 3.63) is 66.0 Å². The van der Waals surface area contributed by atoms with Gasteiger partial charge in [0.05, 0.1) is 7.11 Å². The molecule has 1 heterocycles. The van der Waals surface area contributed by atoms with Gasteiger partial charge in [0.2, 0.25) is 0 Å². The van der Waals surface area contributed by atoms with Crippen LogP contribution in [0.1, 0.15) is 12.0 Å². The van der Waals surface area contributed by atoms with Crippen LogP contribution < -0.4 is 9.47 Å². The van der Waals surface area contributed by atoms with Gasteiger partial charge in [-0.3, -0.25) is 4.79 Å². The lowest BCUT2D eigenvalue weighted by Gasteiger charge is -2.26. The predicted molar refractivity (Wildman–Crippen MR) is 94.1 cm³/mol. The Labute approximate surface area is 146 Å². The van der Waals surface area contributed by atoms with Crippen molar-refractivity contribution in [3.8, 4) is 11.5 Å². The number of nitrogens with zero attached hydrogens (tertiary/aromatic N) is 1. The molecule has 0 unspecified atom stereocenters. The average molecular weight is 341 g/mol. The second-order valence-corrected chi connectivity index (χ2v) is 5.79. The standard InChI is InChI=1S/C20H20FNO3/c1-24-18-6-8-19(9-7-18)25-14-20(23)22-12-10-16(11-13-22)15-2-4-17(21)5-3-15/h2-10H,11-14H2,1H3. The highest BCUT2D eigenvalue weighted by Gasteiger charge is 2.18. The molecule has 1 aliphatic heterocycles. The number of halogens is 1. The van der Waals surface area contributed by atoms with Crippen molar-refractivity contribution < 1.29 is 18.7 Å². The highest BCUT2D eigenvalue weighted by Crippen LogP contribution is 2.23. The fourth-order valence-electron chi connectivity index (χ4n) is 2.73. The van der Waals surface area contributed by atoms with Gasteiger partial charge in [0, 0.05) is 13.1 Å². The average Bonchev–Trinajstić information content (AvgIpc) is 2.67. The normalized spacial score (nSPS) is 14.0. The molecule has 1 aliphatic rings. The minimum absolute atomic E-state index is 0.00600. The van der Waals surface area contributed by atoms with Crippen molar-refractivity contribution in [2.75, 3.05) is 26.8 Å². The smallest absolute Gasteiger partial charge is 0.260 e. The summed E-state index contributed by atoms with van der Waals surface area (Å²) in [5, 5.41) is 0. The lowest BCUT2D eigenvalue weighted by molar-refractivity contribution is -0.132. The van der Waals surface area contributed by atoms with E-state index in [0.717, 1.165) is 23.3 Å². The summed E-state index contributed by atoms with van der Waals surface area (Å²) < 4.78 is 23.6. The molecule has 2 aromatic carbocycles. The number of ether oxygens (including phenoxy) is 2. The molecule has 0 aromatic heterocycles. The van der Waals surface area contributed by atoms with Crippen molar-refractivity contribution in [1.82, 2.24) is 4.90 Å². The molecule has 25 heavy (non-hydrogen) atoms. The number of carbonyl (C=O) groups excluding carboxylic acids is 1. The summed E-state index contributed by atoms with van der Waals surface area (Å²) in [7, 11) is 1.60. The third-order valence-electron chi connectivity index (χ3n) is 4.20. The van der Waals surface area contributed by atoms with Gasteiger partial charge in [-0.2, -0.15) is 0 Å². The highest BCUT2D eigenvalue weighted by atomic mass is 19.1. The van der Waals surface area contributed by atoms with E-state index >= 15 is 0 Å². The number of hydrogen-bond donors (Lipinski definition) is 0. The molecule has 0 spiro atoms. The molecule has 0 saturated carbocycles. The van der Waals surface area contributed by atoms with Crippen LogP contribution in [0.3, 0.4) is 0 Å². The Morgan fingerprint density at radius 3 is 2.36 bits per heavy atom. The second kappa shape index (κ2) is 7.83. The zero-order chi connectivity index (χ0) is 17.6. The van der Waals surface area contributed by atoms with Gasteiger partial charge in [0.15, 0.2) is 6.61 Å². The molecule has 5 heteroatoms. The van der Waals surface area contributed by atoms with Gasteiger partial charge in [-0.05, 0) is 54.0 Å². The number of rotatable bonds is 5. The first-order chi connectivity index (χ1) is 12.2. The predicted octanol–water partition coefficient (Wildman–Crippen LogP) is 3.53. The van der Waals surface area contributed by atoms with Crippen LogP contribution in [-0.2, 0) is 4.79 Å². The minimum Gasteiger partial charge on any atom is -0.497 e. The highest BCUT2D eigenvalue weighted by molar-refractivity contribution is 5.79. The lowest BCUT2D eigenvalue weighted by Crippen LogP contribution is -2.37. The summed E-state index contributed by atoms with van der Waals surface area (Å²) in [4.78, 5) is 14.0. The zero-order valence-corrected chi connectivity index (χ0v) is 14.1. The summed E-state index contributed by atoms with van der Waals surface area (Å²) in [5.41, 5.74) is 2.14. The zero-order valence-electron chi connectivity index (χ0n) is 14.1. The van der Waals surface area contributed by atoms with Gasteiger partial charge in [0.1, 0.15) is 17.3 Å². The molecule has 0 radical (unpaired) electrons. The van der Waals surface area contributed by atoms with Crippen LogP contribution in [0.2, 0.25) is 0 Å². The summed E-state index contributed by atoms with van der Waals surface area (Å²) in [6.07, 6.45) is 2.77. The number of amides is 1. The molecule has 0 bridgehead atoms. The lowest BCUT2D eigenvalue weighted by atomic mass is 9.99. The maximum atomic E-state index is 13.0. The Morgan fingerprint density at radius 2 is 1.76 bits per heavy atom. The van der Waals surface area contributed by atoms with E-state index in [9.17, 15) is 9.18 Å². The van der Waals surface area contributed by atoms with E-state index < -0.39 is 0 Å². The number of methoxy groups -OCH3 is 1. The second-order valence-electron chi connectivity index (χ2n) is 5.79. The van der Waals surface area contributed by atoms with Gasteiger partial charge in [0.25, 0.3) is 5.91 Å². The van der Waals surface area contributed by atoms with E-state index in [2.05, 4.69) is 0 Å². The van der Waals surface area contributed by atoms with Crippen LogP contribution in [0, 0.1) is 5.82 Å². The van der Waals surface area contributed by atoms with Crippen molar-refractivity contribution >= 4 is 11.5 Å². The maximum absolute atomic E-state index is 13.0. The SMILES string of the molecule is COc1ccc(OCC(=O)N2CC=C(c3ccc(F)cc3)CC2)cc1. The molecule has 0 saturated heterocycles. The minimum atomic E-state index is -0.243. The largest absolute Gasteiger partial charge is 0.497 e. The molecule has 0 atom stereocenters. The monoisotopic (exact) mass is 341 g/mol. The maximum Gasteiger partial charge on any atom is 0.260 e.